The van der Waals surface area contributed by atoms with E-state index in [0.717, 1.165) is 24.9 Å². The summed E-state index contributed by atoms with van der Waals surface area (Å²) in [5.41, 5.74) is 5.31. The third-order valence-electron chi connectivity index (χ3n) is 9.23. The number of aromatic nitrogens is 2. The number of nitrogens with zero attached hydrogens (tertiary/aromatic N) is 3. The Balaban J connectivity index is 0.000000685. The van der Waals surface area contributed by atoms with Gasteiger partial charge < -0.3 is 19.9 Å². The molecule has 0 saturated heterocycles. The Morgan fingerprint density at radius 3 is 2.35 bits per heavy atom. The fourth-order valence-corrected chi connectivity index (χ4v) is 6.23. The number of hydrogen-bond donors (Lipinski definition) is 3. The smallest absolute Gasteiger partial charge is 0.263 e. The minimum atomic E-state index is -2.30. The number of anilines is 1. The van der Waals surface area contributed by atoms with Crippen molar-refractivity contribution in [3.8, 4) is 23.1 Å². The summed E-state index contributed by atoms with van der Waals surface area (Å²) in [7, 11) is 1.63. The number of nitrogens with one attached hydrogen (secondary N) is 2. The number of pyridine rings is 2. The lowest BCUT2D eigenvalue weighted by atomic mass is 9.80. The van der Waals surface area contributed by atoms with Crippen LogP contribution < -0.4 is 20.9 Å². The van der Waals surface area contributed by atoms with E-state index in [2.05, 4.69) is 41.2 Å². The van der Waals surface area contributed by atoms with Crippen LogP contribution in [0.4, 0.5) is 14.6 Å². The van der Waals surface area contributed by atoms with E-state index in [-0.39, 0.29) is 42.0 Å². The lowest BCUT2D eigenvalue weighted by molar-refractivity contribution is -0.110. The number of aryl methyl sites for hydroxylation is 1. The molecule has 2 N–H and O–H groups in total. The highest BCUT2D eigenvalue weighted by Crippen LogP contribution is 2.43. The maximum absolute atomic E-state index is 13.5. The number of thiol groups is 1. The second-order valence-corrected chi connectivity index (χ2v) is 14.1. The van der Waals surface area contributed by atoms with Crippen molar-refractivity contribution in [2.24, 2.45) is 13.0 Å². The fourth-order valence-electron chi connectivity index (χ4n) is 6.23. The highest BCUT2D eigenvalue weighted by atomic mass is 32.1. The molecule has 2 fully saturated rings. The molecule has 2 saturated carbocycles. The number of carbonyl (C=O) groups excluding carboxylic acids is 2. The first-order valence-electron chi connectivity index (χ1n) is 18.7. The largest absolute Gasteiger partial charge is 0.475 e. The summed E-state index contributed by atoms with van der Waals surface area (Å²) in [5, 5.41) is 15.6. The van der Waals surface area contributed by atoms with Gasteiger partial charge in [-0.3, -0.25) is 14.4 Å². The van der Waals surface area contributed by atoms with Crippen LogP contribution in [0.3, 0.4) is 0 Å². The van der Waals surface area contributed by atoms with Crippen molar-refractivity contribution >= 4 is 30.1 Å². The molecule has 2 aliphatic rings. The number of carbonyl (C=O) groups is 2. The molecule has 3 aromatic rings. The van der Waals surface area contributed by atoms with E-state index in [1.807, 2.05) is 20.8 Å². The molecule has 0 radical (unpaired) electrons. The molecule has 2 aromatic heterocycles. The molecular weight excluding hydrogens is 709 g/mol. The quantitative estimate of drug-likeness (QED) is 0.0610. The first-order chi connectivity index (χ1) is 25.7. The number of ether oxygens (including phenoxy) is 1. The van der Waals surface area contributed by atoms with E-state index in [1.54, 1.807) is 55.4 Å². The van der Waals surface area contributed by atoms with Crippen LogP contribution in [0.25, 0.3) is 11.1 Å². The molecule has 1 amide bonds. The van der Waals surface area contributed by atoms with E-state index < -0.39 is 17.4 Å². The standard InChI is InChI=1S/C35H41N5O4.C6H10F2.CH4S/c1-6-7-8-9-27(26-11-12-26)20-37-19-25-15-31(35(43)40(5)21-25)34(42)39-32-16-28(17-33(38-32)44-22(2)3)29-13-10-24(18-36)14-30(29)23(4)41;1-2-5-3-6(7,8)4-5;1-2/h10,13-17,21-22,37H,6-9,11-12,19-20H2,1-5H3,(H,38,39,42);5H,2-4H2,1H3;2H,1H3. The topological polar surface area (TPSA) is 126 Å². The number of halogens is 2. The number of rotatable bonds is 15. The summed E-state index contributed by atoms with van der Waals surface area (Å²) >= 11 is 3.53. The molecule has 292 valence electrons. The summed E-state index contributed by atoms with van der Waals surface area (Å²) < 4.78 is 31.2. The Kier molecular flexibility index (Phi) is 17.1. The minimum absolute atomic E-state index is 0.00292. The molecule has 2 heterocycles. The van der Waals surface area contributed by atoms with Crippen LogP contribution in [-0.4, -0.2) is 46.1 Å². The number of alkyl halides is 2. The Labute approximate surface area is 324 Å². The van der Waals surface area contributed by atoms with E-state index >= 15 is 0 Å². The van der Waals surface area contributed by atoms with Gasteiger partial charge in [-0.05, 0) is 99.6 Å². The molecule has 0 aliphatic heterocycles. The van der Waals surface area contributed by atoms with Crippen molar-refractivity contribution in [1.82, 2.24) is 14.9 Å². The first kappa shape index (κ1) is 44.1. The SMILES string of the molecule is CCC1CC(F)(F)C1.CCCCCC(CNCc1cc(C(=O)Nc2cc(-c3ccc(C#N)cc3C(C)=O)cc(OC(C)C)n2)c(=O)n(C)c1)=C1CC1.CS. The monoisotopic (exact) mass is 763 g/mol. The van der Waals surface area contributed by atoms with Gasteiger partial charge >= 0.3 is 0 Å². The number of benzene rings is 1. The summed E-state index contributed by atoms with van der Waals surface area (Å²) in [6.45, 7) is 10.6. The lowest BCUT2D eigenvalue weighted by Crippen LogP contribution is -2.34. The van der Waals surface area contributed by atoms with Gasteiger partial charge in [0.25, 0.3) is 11.5 Å². The maximum atomic E-state index is 13.5. The zero-order valence-electron chi connectivity index (χ0n) is 32.7. The average Bonchev–Trinajstić information content (AvgIpc) is 3.97. The van der Waals surface area contributed by atoms with Crippen LogP contribution >= 0.6 is 12.6 Å². The van der Waals surface area contributed by atoms with E-state index in [0.29, 0.717) is 34.7 Å². The van der Waals surface area contributed by atoms with Crippen LogP contribution in [0.5, 0.6) is 5.88 Å². The van der Waals surface area contributed by atoms with Gasteiger partial charge in [0.05, 0.1) is 17.7 Å². The van der Waals surface area contributed by atoms with Gasteiger partial charge in [0.1, 0.15) is 11.4 Å². The van der Waals surface area contributed by atoms with Crippen LogP contribution in [-0.2, 0) is 13.6 Å². The number of allylic oxidation sites excluding steroid dienone is 1. The predicted molar refractivity (Wildman–Crippen MR) is 215 cm³/mol. The van der Waals surface area contributed by atoms with E-state index in [1.165, 1.54) is 55.2 Å². The van der Waals surface area contributed by atoms with Crippen molar-refractivity contribution in [1.29, 1.82) is 5.26 Å². The Bertz CT molecular complexity index is 1890. The van der Waals surface area contributed by atoms with E-state index in [4.69, 9.17) is 4.74 Å². The zero-order valence-corrected chi connectivity index (χ0v) is 33.5. The summed E-state index contributed by atoms with van der Waals surface area (Å²) in [6, 6.07) is 11.8. The highest BCUT2D eigenvalue weighted by Gasteiger charge is 2.43. The van der Waals surface area contributed by atoms with Gasteiger partial charge in [0.2, 0.25) is 11.8 Å². The maximum Gasteiger partial charge on any atom is 0.263 e. The molecule has 0 unspecified atom stereocenters. The molecular formula is C42H55F2N5O4S. The van der Waals surface area contributed by atoms with Gasteiger partial charge in [-0.1, -0.05) is 50.3 Å². The molecule has 0 bridgehead atoms. The normalized spacial score (nSPS) is 14.1. The first-order valence-corrected chi connectivity index (χ1v) is 19.6. The molecule has 0 spiro atoms. The second-order valence-electron chi connectivity index (χ2n) is 14.1. The summed E-state index contributed by atoms with van der Waals surface area (Å²) in [4.78, 5) is 43.4. The fraction of sp³-hybridized carbons (Fsp3) is 0.500. The molecule has 9 nitrogen and oxygen atoms in total. The summed E-state index contributed by atoms with van der Waals surface area (Å²) in [6.07, 6.45) is 11.5. The third kappa shape index (κ3) is 13.2. The number of ketones is 1. The predicted octanol–water partition coefficient (Wildman–Crippen LogP) is 9.31. The molecule has 12 heteroatoms. The molecule has 1 aromatic carbocycles. The minimum Gasteiger partial charge on any atom is -0.475 e. The van der Waals surface area contributed by atoms with Crippen molar-refractivity contribution in [3.05, 3.63) is 86.3 Å². The number of nitriles is 1. The van der Waals surface area contributed by atoms with Gasteiger partial charge in [-0.15, -0.1) is 0 Å². The number of hydrogen-bond acceptors (Lipinski definition) is 8. The average molecular weight is 764 g/mol. The van der Waals surface area contributed by atoms with Crippen LogP contribution in [0.2, 0.25) is 0 Å². The van der Waals surface area contributed by atoms with Gasteiger partial charge in [-0.25, -0.2) is 8.78 Å². The van der Waals surface area contributed by atoms with Crippen LogP contribution in [0, 0.1) is 17.2 Å². The molecule has 5 rings (SSSR count). The van der Waals surface area contributed by atoms with Crippen molar-refractivity contribution in [3.63, 3.8) is 0 Å². The third-order valence-corrected chi connectivity index (χ3v) is 9.23. The lowest BCUT2D eigenvalue weighted by Gasteiger charge is -2.33. The molecule has 0 atom stereocenters. The highest BCUT2D eigenvalue weighted by molar-refractivity contribution is 7.79. The summed E-state index contributed by atoms with van der Waals surface area (Å²) in [5.74, 6) is -2.39. The van der Waals surface area contributed by atoms with Crippen molar-refractivity contribution in [2.45, 2.75) is 111 Å². The Morgan fingerprint density at radius 1 is 1.09 bits per heavy atom. The molecule has 2 aliphatic carbocycles. The zero-order chi connectivity index (χ0) is 40.0. The van der Waals surface area contributed by atoms with Crippen LogP contribution in [0.1, 0.15) is 124 Å². The van der Waals surface area contributed by atoms with E-state index in [9.17, 15) is 28.4 Å². The van der Waals surface area contributed by atoms with Gasteiger partial charge in [0.15, 0.2) is 5.78 Å². The van der Waals surface area contributed by atoms with Crippen molar-refractivity contribution in [2.75, 3.05) is 18.1 Å². The van der Waals surface area contributed by atoms with Crippen LogP contribution in [0.15, 0.2) is 58.5 Å². The number of Topliss-reactive ketones (excluding diaryl/α,β-unsaturated/α-hetero) is 1. The number of unbranched alkanes of at least 4 members (excludes halogenated alkanes) is 2. The Hall–Kier alpha value is -4.34. The molecule has 54 heavy (non-hydrogen) atoms. The second kappa shape index (κ2) is 20.9. The van der Waals surface area contributed by atoms with Gasteiger partial charge in [-0.2, -0.15) is 22.9 Å². The van der Waals surface area contributed by atoms with Crippen molar-refractivity contribution < 1.29 is 23.1 Å². The van der Waals surface area contributed by atoms with Gasteiger partial charge in [0, 0.05) is 50.8 Å². The number of amides is 1. The Morgan fingerprint density at radius 2 is 1.80 bits per heavy atom.